The van der Waals surface area contributed by atoms with Crippen LogP contribution in [-0.2, 0) is 6.54 Å². The van der Waals surface area contributed by atoms with E-state index >= 15 is 0 Å². The second kappa shape index (κ2) is 4.70. The van der Waals surface area contributed by atoms with Crippen LogP contribution in [-0.4, -0.2) is 4.57 Å². The largest absolute Gasteiger partial charge is 0.399 e. The molecule has 19 heavy (non-hydrogen) atoms. The van der Waals surface area contributed by atoms with Gasteiger partial charge in [0.1, 0.15) is 5.82 Å². The van der Waals surface area contributed by atoms with Crippen molar-refractivity contribution in [3.8, 4) is 0 Å². The molecule has 3 aromatic rings. The quantitative estimate of drug-likeness (QED) is 0.706. The molecule has 0 amide bonds. The molecular formula is C15H12BrFN2. The van der Waals surface area contributed by atoms with Gasteiger partial charge in [-0.25, -0.2) is 4.39 Å². The summed E-state index contributed by atoms with van der Waals surface area (Å²) in [5.74, 6) is -0.211. The van der Waals surface area contributed by atoms with Gasteiger partial charge in [0.05, 0.1) is 0 Å². The molecule has 0 bridgehead atoms. The molecule has 0 fully saturated rings. The highest BCUT2D eigenvalue weighted by Gasteiger charge is 2.04. The van der Waals surface area contributed by atoms with Crippen molar-refractivity contribution in [2.45, 2.75) is 6.54 Å². The number of nitrogen functional groups attached to an aromatic ring is 1. The number of aromatic nitrogens is 1. The van der Waals surface area contributed by atoms with E-state index in [-0.39, 0.29) is 5.82 Å². The average Bonchev–Trinajstić information content (AvgIpc) is 2.75. The van der Waals surface area contributed by atoms with Crippen molar-refractivity contribution in [1.82, 2.24) is 4.57 Å². The second-order valence-electron chi connectivity index (χ2n) is 4.56. The molecule has 0 unspecified atom stereocenters. The van der Waals surface area contributed by atoms with Crippen LogP contribution in [0.3, 0.4) is 0 Å². The van der Waals surface area contributed by atoms with Gasteiger partial charge < -0.3 is 10.3 Å². The van der Waals surface area contributed by atoms with Crippen LogP contribution in [0, 0.1) is 5.82 Å². The Morgan fingerprint density at radius 3 is 2.58 bits per heavy atom. The third-order valence-electron chi connectivity index (χ3n) is 3.06. The first-order chi connectivity index (χ1) is 9.11. The molecule has 1 heterocycles. The van der Waals surface area contributed by atoms with E-state index in [9.17, 15) is 4.39 Å². The highest BCUT2D eigenvalue weighted by molar-refractivity contribution is 9.10. The topological polar surface area (TPSA) is 30.9 Å². The van der Waals surface area contributed by atoms with Crippen LogP contribution in [0.15, 0.2) is 53.3 Å². The Kier molecular flexibility index (Phi) is 3.03. The number of nitrogens with two attached hydrogens (primary N) is 1. The molecular weight excluding hydrogens is 307 g/mol. The van der Waals surface area contributed by atoms with Gasteiger partial charge in [0, 0.05) is 39.9 Å². The summed E-state index contributed by atoms with van der Waals surface area (Å²) in [5, 5.41) is 2.21. The van der Waals surface area contributed by atoms with Crippen LogP contribution in [0.1, 0.15) is 5.56 Å². The molecule has 2 nitrogen and oxygen atoms in total. The van der Waals surface area contributed by atoms with Gasteiger partial charge in [-0.3, -0.25) is 0 Å². The molecule has 2 aromatic carbocycles. The fourth-order valence-corrected chi connectivity index (χ4v) is 2.77. The predicted molar refractivity (Wildman–Crippen MR) is 79.6 cm³/mol. The third-order valence-corrected chi connectivity index (χ3v) is 3.72. The van der Waals surface area contributed by atoms with Gasteiger partial charge in [-0.2, -0.15) is 0 Å². The van der Waals surface area contributed by atoms with Gasteiger partial charge in [-0.05, 0) is 29.8 Å². The SMILES string of the molecule is Nc1cc(Br)c2cn(Cc3ccc(F)cc3)cc2c1. The maximum absolute atomic E-state index is 12.9. The standard InChI is InChI=1S/C15H12BrFN2/c16-15-6-13(18)5-11-8-19(9-14(11)15)7-10-1-3-12(17)4-2-10/h1-6,8-9H,7,18H2. The summed E-state index contributed by atoms with van der Waals surface area (Å²) >= 11 is 3.51. The lowest BCUT2D eigenvalue weighted by Gasteiger charge is -2.02. The number of fused-ring (bicyclic) bond motifs is 1. The highest BCUT2D eigenvalue weighted by atomic mass is 79.9. The maximum Gasteiger partial charge on any atom is 0.123 e. The Morgan fingerprint density at radius 1 is 1.11 bits per heavy atom. The number of benzene rings is 2. The highest BCUT2D eigenvalue weighted by Crippen LogP contribution is 2.28. The summed E-state index contributed by atoms with van der Waals surface area (Å²) in [5.41, 5.74) is 7.62. The zero-order valence-corrected chi connectivity index (χ0v) is 11.7. The predicted octanol–water partition coefficient (Wildman–Crippen LogP) is 4.17. The van der Waals surface area contributed by atoms with Crippen LogP contribution >= 0.6 is 15.9 Å². The first kappa shape index (κ1) is 12.2. The molecule has 2 N–H and O–H groups in total. The molecule has 0 radical (unpaired) electrons. The van der Waals surface area contributed by atoms with E-state index in [0.29, 0.717) is 6.54 Å². The molecule has 0 aliphatic carbocycles. The summed E-state index contributed by atoms with van der Waals surface area (Å²) in [6.45, 7) is 0.710. The number of nitrogens with zero attached hydrogens (tertiary/aromatic N) is 1. The Bertz CT molecular complexity index is 732. The van der Waals surface area contributed by atoms with E-state index in [1.807, 2.05) is 18.3 Å². The normalized spacial score (nSPS) is 11.1. The van der Waals surface area contributed by atoms with Crippen molar-refractivity contribution < 1.29 is 4.39 Å². The number of hydrogen-bond donors (Lipinski definition) is 1. The van der Waals surface area contributed by atoms with Gasteiger partial charge >= 0.3 is 0 Å². The molecule has 3 rings (SSSR count). The smallest absolute Gasteiger partial charge is 0.123 e. The molecule has 0 aliphatic heterocycles. The van der Waals surface area contributed by atoms with Crippen LogP contribution in [0.2, 0.25) is 0 Å². The number of anilines is 1. The summed E-state index contributed by atoms with van der Waals surface area (Å²) in [4.78, 5) is 0. The van der Waals surface area contributed by atoms with Crippen molar-refractivity contribution >= 4 is 32.4 Å². The van der Waals surface area contributed by atoms with Crippen LogP contribution < -0.4 is 5.73 Å². The minimum Gasteiger partial charge on any atom is -0.399 e. The van der Waals surface area contributed by atoms with Gasteiger partial charge in [-0.1, -0.05) is 28.1 Å². The molecule has 0 aliphatic rings. The molecule has 96 valence electrons. The van der Waals surface area contributed by atoms with E-state index < -0.39 is 0 Å². The average molecular weight is 319 g/mol. The Balaban J connectivity index is 1.97. The monoisotopic (exact) mass is 318 g/mol. The maximum atomic E-state index is 12.9. The van der Waals surface area contributed by atoms with Crippen molar-refractivity contribution in [3.05, 3.63) is 64.6 Å². The van der Waals surface area contributed by atoms with Crippen molar-refractivity contribution in [3.63, 3.8) is 0 Å². The van der Waals surface area contributed by atoms with E-state index in [1.54, 1.807) is 12.1 Å². The van der Waals surface area contributed by atoms with Crippen LogP contribution in [0.25, 0.3) is 10.8 Å². The van der Waals surface area contributed by atoms with Crippen LogP contribution in [0.4, 0.5) is 10.1 Å². The minimum atomic E-state index is -0.211. The van der Waals surface area contributed by atoms with Crippen molar-refractivity contribution in [2.75, 3.05) is 5.73 Å². The fourth-order valence-electron chi connectivity index (χ4n) is 2.18. The molecule has 0 atom stereocenters. The van der Waals surface area contributed by atoms with E-state index in [2.05, 4.69) is 26.7 Å². The molecule has 0 saturated heterocycles. The van der Waals surface area contributed by atoms with Gasteiger partial charge in [0.15, 0.2) is 0 Å². The lowest BCUT2D eigenvalue weighted by atomic mass is 10.2. The number of hydrogen-bond acceptors (Lipinski definition) is 1. The van der Waals surface area contributed by atoms with Crippen molar-refractivity contribution in [1.29, 1.82) is 0 Å². The molecule has 4 heteroatoms. The zero-order chi connectivity index (χ0) is 13.4. The second-order valence-corrected chi connectivity index (χ2v) is 5.42. The first-order valence-electron chi connectivity index (χ1n) is 5.91. The van der Waals surface area contributed by atoms with Gasteiger partial charge in [0.25, 0.3) is 0 Å². The van der Waals surface area contributed by atoms with Crippen molar-refractivity contribution in [2.24, 2.45) is 0 Å². The van der Waals surface area contributed by atoms with E-state index in [1.165, 1.54) is 12.1 Å². The number of halogens is 2. The summed E-state index contributed by atoms with van der Waals surface area (Å²) < 4.78 is 15.9. The fraction of sp³-hybridized carbons (Fsp3) is 0.0667. The molecule has 1 aromatic heterocycles. The first-order valence-corrected chi connectivity index (χ1v) is 6.70. The van der Waals surface area contributed by atoms with E-state index in [4.69, 9.17) is 5.73 Å². The summed E-state index contributed by atoms with van der Waals surface area (Å²) in [6.07, 6.45) is 4.10. The zero-order valence-electron chi connectivity index (χ0n) is 10.1. The number of rotatable bonds is 2. The minimum absolute atomic E-state index is 0.211. The summed E-state index contributed by atoms with van der Waals surface area (Å²) in [6, 6.07) is 10.4. The third kappa shape index (κ3) is 2.49. The molecule has 0 spiro atoms. The van der Waals surface area contributed by atoms with Gasteiger partial charge in [0.2, 0.25) is 0 Å². The Morgan fingerprint density at radius 2 is 1.84 bits per heavy atom. The lowest BCUT2D eigenvalue weighted by Crippen LogP contribution is -1.95. The Hall–Kier alpha value is -1.81. The Labute approximate surface area is 118 Å². The molecule has 0 saturated carbocycles. The summed E-state index contributed by atoms with van der Waals surface area (Å²) in [7, 11) is 0. The van der Waals surface area contributed by atoms with Crippen LogP contribution in [0.5, 0.6) is 0 Å². The van der Waals surface area contributed by atoms with Gasteiger partial charge in [-0.15, -0.1) is 0 Å². The lowest BCUT2D eigenvalue weighted by molar-refractivity contribution is 0.626. The van der Waals surface area contributed by atoms with E-state index in [0.717, 1.165) is 26.5 Å².